The van der Waals surface area contributed by atoms with Gasteiger partial charge in [0.2, 0.25) is 0 Å². The first-order chi connectivity index (χ1) is 7.38. The van der Waals surface area contributed by atoms with Crippen molar-refractivity contribution < 1.29 is 13.0 Å². The molecule has 1 rings (SSSR count). The summed E-state index contributed by atoms with van der Waals surface area (Å²) in [4.78, 5) is 2.67. The Balaban J connectivity index is 0.000000385. The van der Waals surface area contributed by atoms with Crippen molar-refractivity contribution in [1.29, 1.82) is 0 Å². The standard InChI is InChI=1S/C10H21N.CH4O3S/c1-3-5-8-11-9-6-7-10(11)4-2;1-5(2,3)4/h10H,3-9H2,1-2H3;1H3,(H,2,3,4). The molecule has 0 amide bonds. The number of unbranched alkanes of at least 4 members (excludes halogenated alkanes) is 1. The number of hydrogen-bond acceptors (Lipinski definition) is 3. The summed E-state index contributed by atoms with van der Waals surface area (Å²) in [6.07, 6.45) is 7.67. The van der Waals surface area contributed by atoms with Crippen molar-refractivity contribution in [2.75, 3.05) is 19.3 Å². The van der Waals surface area contributed by atoms with Crippen LogP contribution in [0.15, 0.2) is 0 Å². The van der Waals surface area contributed by atoms with E-state index in [-0.39, 0.29) is 0 Å². The molecule has 1 unspecified atom stereocenters. The van der Waals surface area contributed by atoms with Gasteiger partial charge in [0.15, 0.2) is 0 Å². The normalized spacial score (nSPS) is 21.6. The molecule has 1 aliphatic rings. The van der Waals surface area contributed by atoms with E-state index in [0.29, 0.717) is 6.26 Å². The molecular formula is C11H25NO3S. The molecule has 0 aliphatic carbocycles. The molecule has 0 saturated carbocycles. The molecule has 98 valence electrons. The molecule has 1 aliphatic heterocycles. The van der Waals surface area contributed by atoms with E-state index in [4.69, 9.17) is 4.55 Å². The molecule has 16 heavy (non-hydrogen) atoms. The third kappa shape index (κ3) is 9.12. The van der Waals surface area contributed by atoms with Crippen LogP contribution in [-0.4, -0.2) is 43.3 Å². The predicted molar refractivity (Wildman–Crippen MR) is 67.3 cm³/mol. The Hall–Kier alpha value is -0.130. The zero-order chi connectivity index (χ0) is 12.6. The smallest absolute Gasteiger partial charge is 0.261 e. The van der Waals surface area contributed by atoms with Gasteiger partial charge < -0.3 is 4.90 Å². The molecule has 0 spiro atoms. The lowest BCUT2D eigenvalue weighted by Gasteiger charge is -2.22. The van der Waals surface area contributed by atoms with E-state index in [1.165, 1.54) is 45.2 Å². The van der Waals surface area contributed by atoms with Crippen molar-refractivity contribution >= 4 is 10.1 Å². The molecule has 0 aromatic carbocycles. The average Bonchev–Trinajstić information content (AvgIpc) is 2.59. The van der Waals surface area contributed by atoms with E-state index in [2.05, 4.69) is 18.7 Å². The van der Waals surface area contributed by atoms with Crippen LogP contribution in [0.2, 0.25) is 0 Å². The highest BCUT2D eigenvalue weighted by Crippen LogP contribution is 2.19. The van der Waals surface area contributed by atoms with Crippen molar-refractivity contribution in [3.8, 4) is 0 Å². The Labute approximate surface area is 99.8 Å². The maximum Gasteiger partial charge on any atom is 0.261 e. The van der Waals surface area contributed by atoms with Gasteiger partial charge in [-0.2, -0.15) is 8.42 Å². The summed E-state index contributed by atoms with van der Waals surface area (Å²) in [5, 5.41) is 0. The maximum atomic E-state index is 9.19. The number of hydrogen-bond donors (Lipinski definition) is 1. The number of nitrogens with zero attached hydrogens (tertiary/aromatic N) is 1. The largest absolute Gasteiger partial charge is 0.300 e. The summed E-state index contributed by atoms with van der Waals surface area (Å²) in [7, 11) is -3.67. The SMILES string of the molecule is CCCCN1CCCC1CC.CS(=O)(=O)O. The molecule has 1 fully saturated rings. The van der Waals surface area contributed by atoms with Crippen LogP contribution in [0.3, 0.4) is 0 Å². The quantitative estimate of drug-likeness (QED) is 0.778. The highest BCUT2D eigenvalue weighted by Gasteiger charge is 2.21. The van der Waals surface area contributed by atoms with Gasteiger partial charge >= 0.3 is 0 Å². The van der Waals surface area contributed by atoms with Crippen molar-refractivity contribution in [2.45, 2.75) is 52.0 Å². The van der Waals surface area contributed by atoms with E-state index < -0.39 is 10.1 Å². The highest BCUT2D eigenvalue weighted by molar-refractivity contribution is 7.85. The lowest BCUT2D eigenvalue weighted by molar-refractivity contribution is 0.245. The zero-order valence-electron chi connectivity index (χ0n) is 10.6. The lowest BCUT2D eigenvalue weighted by Crippen LogP contribution is -2.29. The van der Waals surface area contributed by atoms with Crippen molar-refractivity contribution in [3.05, 3.63) is 0 Å². The van der Waals surface area contributed by atoms with Gasteiger partial charge in [0, 0.05) is 6.04 Å². The minimum atomic E-state index is -3.67. The molecule has 1 heterocycles. The van der Waals surface area contributed by atoms with Gasteiger partial charge in [0.1, 0.15) is 0 Å². The van der Waals surface area contributed by atoms with Crippen molar-refractivity contribution in [1.82, 2.24) is 4.90 Å². The summed E-state index contributed by atoms with van der Waals surface area (Å²) in [5.41, 5.74) is 0. The molecule has 5 heteroatoms. The fourth-order valence-electron chi connectivity index (χ4n) is 2.01. The Morgan fingerprint density at radius 2 is 1.94 bits per heavy atom. The van der Waals surface area contributed by atoms with E-state index in [9.17, 15) is 8.42 Å². The minimum Gasteiger partial charge on any atom is -0.300 e. The van der Waals surface area contributed by atoms with Gasteiger partial charge in [-0.15, -0.1) is 0 Å². The van der Waals surface area contributed by atoms with Gasteiger partial charge in [0.25, 0.3) is 10.1 Å². The second-order valence-corrected chi connectivity index (χ2v) is 5.79. The van der Waals surface area contributed by atoms with Crippen LogP contribution in [0.25, 0.3) is 0 Å². The van der Waals surface area contributed by atoms with Crippen LogP contribution in [0.5, 0.6) is 0 Å². The summed E-state index contributed by atoms with van der Waals surface area (Å²) < 4.78 is 25.9. The molecule has 1 N–H and O–H groups in total. The molecule has 0 bridgehead atoms. The predicted octanol–water partition coefficient (Wildman–Crippen LogP) is 2.16. The lowest BCUT2D eigenvalue weighted by atomic mass is 10.1. The molecule has 0 aromatic rings. The Bertz CT molecular complexity index is 256. The summed E-state index contributed by atoms with van der Waals surface area (Å²) >= 11 is 0. The first kappa shape index (κ1) is 15.9. The Morgan fingerprint density at radius 1 is 1.38 bits per heavy atom. The van der Waals surface area contributed by atoms with Crippen LogP contribution in [0.4, 0.5) is 0 Å². The van der Waals surface area contributed by atoms with Crippen LogP contribution >= 0.6 is 0 Å². The average molecular weight is 251 g/mol. The number of likely N-dealkylation sites (tertiary alicyclic amines) is 1. The molecule has 0 radical (unpaired) electrons. The summed E-state index contributed by atoms with van der Waals surface area (Å²) in [5.74, 6) is 0. The van der Waals surface area contributed by atoms with Crippen molar-refractivity contribution in [3.63, 3.8) is 0 Å². The monoisotopic (exact) mass is 251 g/mol. The molecular weight excluding hydrogens is 226 g/mol. The molecule has 4 nitrogen and oxygen atoms in total. The Morgan fingerprint density at radius 3 is 2.38 bits per heavy atom. The molecule has 1 saturated heterocycles. The van der Waals surface area contributed by atoms with Gasteiger partial charge in [0.05, 0.1) is 6.26 Å². The van der Waals surface area contributed by atoms with Gasteiger partial charge in [-0.3, -0.25) is 4.55 Å². The maximum absolute atomic E-state index is 9.19. The fraction of sp³-hybridized carbons (Fsp3) is 1.00. The van der Waals surface area contributed by atoms with Crippen molar-refractivity contribution in [2.24, 2.45) is 0 Å². The Kier molecular flexibility index (Phi) is 7.97. The van der Waals surface area contributed by atoms with E-state index in [1.807, 2.05) is 0 Å². The third-order valence-electron chi connectivity index (χ3n) is 2.77. The summed E-state index contributed by atoms with van der Waals surface area (Å²) in [6.45, 7) is 7.29. The van der Waals surface area contributed by atoms with Crippen LogP contribution < -0.4 is 0 Å². The first-order valence-corrected chi connectivity index (χ1v) is 7.89. The van der Waals surface area contributed by atoms with Gasteiger partial charge in [-0.05, 0) is 38.8 Å². The minimum absolute atomic E-state index is 0.715. The molecule has 1 atom stereocenters. The van der Waals surface area contributed by atoms with Gasteiger partial charge in [-0.25, -0.2) is 0 Å². The summed E-state index contributed by atoms with van der Waals surface area (Å²) in [6, 6.07) is 0.918. The topological polar surface area (TPSA) is 57.6 Å². The van der Waals surface area contributed by atoms with Crippen LogP contribution in [0.1, 0.15) is 46.0 Å². The fourth-order valence-corrected chi connectivity index (χ4v) is 2.01. The second-order valence-electron chi connectivity index (χ2n) is 4.33. The van der Waals surface area contributed by atoms with E-state index >= 15 is 0 Å². The van der Waals surface area contributed by atoms with E-state index in [1.54, 1.807) is 0 Å². The zero-order valence-corrected chi connectivity index (χ0v) is 11.5. The highest BCUT2D eigenvalue weighted by atomic mass is 32.2. The number of rotatable bonds is 4. The first-order valence-electron chi connectivity index (χ1n) is 6.05. The second kappa shape index (κ2) is 8.03. The van der Waals surface area contributed by atoms with E-state index in [0.717, 1.165) is 6.04 Å². The van der Waals surface area contributed by atoms with Crippen LogP contribution in [-0.2, 0) is 10.1 Å². The van der Waals surface area contributed by atoms with Gasteiger partial charge in [-0.1, -0.05) is 20.3 Å². The van der Waals surface area contributed by atoms with Crippen LogP contribution in [0, 0.1) is 0 Å². The third-order valence-corrected chi connectivity index (χ3v) is 2.77. The molecule has 0 aromatic heterocycles.